The molecule has 7 nitrogen and oxygen atoms in total. The van der Waals surface area contributed by atoms with E-state index in [2.05, 4.69) is 5.32 Å². The highest BCUT2D eigenvalue weighted by molar-refractivity contribution is 6.07. The fourth-order valence-electron chi connectivity index (χ4n) is 2.38. The molecule has 0 saturated carbocycles. The Morgan fingerprint density at radius 3 is 2.28 bits per heavy atom. The van der Waals surface area contributed by atoms with Gasteiger partial charge in [-0.25, -0.2) is 4.79 Å². The van der Waals surface area contributed by atoms with Gasteiger partial charge in [0.15, 0.2) is 0 Å². The van der Waals surface area contributed by atoms with Crippen molar-refractivity contribution in [2.45, 2.75) is 20.8 Å². The van der Waals surface area contributed by atoms with Crippen molar-refractivity contribution in [3.63, 3.8) is 0 Å². The van der Waals surface area contributed by atoms with Gasteiger partial charge in [-0.15, -0.1) is 0 Å². The van der Waals surface area contributed by atoms with E-state index in [1.807, 2.05) is 32.0 Å². The summed E-state index contributed by atoms with van der Waals surface area (Å²) in [6.07, 6.45) is 0. The second-order valence-corrected chi connectivity index (χ2v) is 5.47. The van der Waals surface area contributed by atoms with Crippen molar-refractivity contribution in [1.82, 2.24) is 0 Å². The number of amides is 1. The van der Waals surface area contributed by atoms with Gasteiger partial charge in [0.25, 0.3) is 11.6 Å². The van der Waals surface area contributed by atoms with Crippen molar-refractivity contribution in [2.24, 2.45) is 0 Å². The molecular weight excluding hydrogens is 324 g/mol. The number of hydrogen-bond acceptors (Lipinski definition) is 5. The van der Waals surface area contributed by atoms with Crippen LogP contribution in [-0.2, 0) is 4.74 Å². The maximum Gasteiger partial charge on any atom is 0.338 e. The minimum atomic E-state index is -0.715. The predicted octanol–water partition coefficient (Wildman–Crippen LogP) is 3.64. The number of anilines is 1. The van der Waals surface area contributed by atoms with Gasteiger partial charge in [0.2, 0.25) is 0 Å². The van der Waals surface area contributed by atoms with Gasteiger partial charge < -0.3 is 10.1 Å². The lowest BCUT2D eigenvalue weighted by atomic mass is 10.1. The zero-order chi connectivity index (χ0) is 18.6. The molecule has 0 fully saturated rings. The lowest BCUT2D eigenvalue weighted by Gasteiger charge is -2.12. The monoisotopic (exact) mass is 342 g/mol. The van der Waals surface area contributed by atoms with Crippen molar-refractivity contribution in [3.8, 4) is 0 Å². The maximum absolute atomic E-state index is 12.5. The molecule has 25 heavy (non-hydrogen) atoms. The van der Waals surface area contributed by atoms with Gasteiger partial charge in [0.05, 0.1) is 17.1 Å². The Balaban J connectivity index is 2.41. The Morgan fingerprint density at radius 2 is 1.72 bits per heavy atom. The number of rotatable bonds is 5. The molecule has 2 rings (SSSR count). The molecule has 0 bridgehead atoms. The quantitative estimate of drug-likeness (QED) is 0.508. The minimum absolute atomic E-state index is 0.0138. The Morgan fingerprint density at radius 1 is 1.12 bits per heavy atom. The summed E-state index contributed by atoms with van der Waals surface area (Å²) in [5.41, 5.74) is 1.99. The van der Waals surface area contributed by atoms with E-state index in [1.54, 1.807) is 6.92 Å². The van der Waals surface area contributed by atoms with Gasteiger partial charge >= 0.3 is 5.97 Å². The van der Waals surface area contributed by atoms with Crippen LogP contribution in [0.3, 0.4) is 0 Å². The smallest absolute Gasteiger partial charge is 0.338 e. The maximum atomic E-state index is 12.5. The number of benzene rings is 2. The number of para-hydroxylation sites is 1. The van der Waals surface area contributed by atoms with E-state index in [0.29, 0.717) is 5.69 Å². The second-order valence-electron chi connectivity index (χ2n) is 5.47. The number of aryl methyl sites for hydroxylation is 2. The van der Waals surface area contributed by atoms with E-state index >= 15 is 0 Å². The number of hydrogen-bond donors (Lipinski definition) is 1. The van der Waals surface area contributed by atoms with Crippen molar-refractivity contribution >= 4 is 23.3 Å². The number of carbonyl (C=O) groups excluding carboxylic acids is 2. The summed E-state index contributed by atoms with van der Waals surface area (Å²) in [6, 6.07) is 9.07. The number of esters is 1. The highest BCUT2D eigenvalue weighted by Crippen LogP contribution is 2.23. The van der Waals surface area contributed by atoms with E-state index in [0.717, 1.165) is 23.3 Å². The third kappa shape index (κ3) is 4.20. The summed E-state index contributed by atoms with van der Waals surface area (Å²) in [6.45, 7) is 5.45. The highest BCUT2D eigenvalue weighted by atomic mass is 16.6. The molecule has 130 valence electrons. The first kappa shape index (κ1) is 18.1. The fraction of sp³-hybridized carbons (Fsp3) is 0.222. The molecule has 1 amide bonds. The van der Waals surface area contributed by atoms with Gasteiger partial charge in [-0.1, -0.05) is 18.2 Å². The number of nitrogens with zero attached hydrogens (tertiary/aromatic N) is 1. The van der Waals surface area contributed by atoms with Crippen LogP contribution in [0.15, 0.2) is 36.4 Å². The largest absolute Gasteiger partial charge is 0.462 e. The normalized spacial score (nSPS) is 10.2. The summed E-state index contributed by atoms with van der Waals surface area (Å²) in [5.74, 6) is -1.25. The van der Waals surface area contributed by atoms with E-state index in [9.17, 15) is 19.7 Å². The summed E-state index contributed by atoms with van der Waals surface area (Å²) >= 11 is 0. The van der Waals surface area contributed by atoms with Crippen LogP contribution in [0.4, 0.5) is 11.4 Å². The van der Waals surface area contributed by atoms with Crippen LogP contribution in [-0.4, -0.2) is 23.4 Å². The fourth-order valence-corrected chi connectivity index (χ4v) is 2.38. The van der Waals surface area contributed by atoms with Crippen molar-refractivity contribution in [3.05, 3.63) is 68.8 Å². The molecule has 0 aromatic heterocycles. The van der Waals surface area contributed by atoms with Gasteiger partial charge in [0.1, 0.15) is 0 Å². The standard InChI is InChI=1S/C18H18N2O5/c1-4-25-18(22)14-8-13(9-15(10-14)20(23)24)17(21)19-16-11(2)6-5-7-12(16)3/h5-10H,4H2,1-3H3,(H,19,21). The molecule has 0 spiro atoms. The van der Waals surface area contributed by atoms with Gasteiger partial charge in [0, 0.05) is 23.4 Å². The van der Waals surface area contributed by atoms with Crippen LogP contribution >= 0.6 is 0 Å². The average molecular weight is 342 g/mol. The van der Waals surface area contributed by atoms with Crippen LogP contribution < -0.4 is 5.32 Å². The summed E-state index contributed by atoms with van der Waals surface area (Å²) < 4.78 is 4.86. The van der Waals surface area contributed by atoms with Gasteiger partial charge in [-0.2, -0.15) is 0 Å². The average Bonchev–Trinajstić information content (AvgIpc) is 2.57. The van der Waals surface area contributed by atoms with Crippen molar-refractivity contribution in [1.29, 1.82) is 0 Å². The topological polar surface area (TPSA) is 98.5 Å². The summed E-state index contributed by atoms with van der Waals surface area (Å²) in [5, 5.41) is 13.8. The molecule has 2 aromatic rings. The molecule has 7 heteroatoms. The Bertz CT molecular complexity index is 825. The van der Waals surface area contributed by atoms with Crippen LogP contribution in [0, 0.1) is 24.0 Å². The van der Waals surface area contributed by atoms with E-state index in [1.165, 1.54) is 6.07 Å². The number of nitro benzene ring substituents is 1. The molecule has 0 unspecified atom stereocenters. The lowest BCUT2D eigenvalue weighted by molar-refractivity contribution is -0.384. The van der Waals surface area contributed by atoms with E-state index in [-0.39, 0.29) is 23.4 Å². The number of carbonyl (C=O) groups is 2. The number of non-ortho nitro benzene ring substituents is 1. The molecule has 0 aliphatic heterocycles. The van der Waals surface area contributed by atoms with Crippen LogP contribution in [0.2, 0.25) is 0 Å². The number of ether oxygens (including phenoxy) is 1. The number of nitrogens with one attached hydrogen (secondary N) is 1. The Hall–Kier alpha value is -3.22. The third-order valence-corrected chi connectivity index (χ3v) is 3.62. The van der Waals surface area contributed by atoms with Crippen molar-refractivity contribution < 1.29 is 19.2 Å². The first-order valence-electron chi connectivity index (χ1n) is 7.67. The highest BCUT2D eigenvalue weighted by Gasteiger charge is 2.19. The molecule has 1 N–H and O–H groups in total. The zero-order valence-electron chi connectivity index (χ0n) is 14.2. The molecule has 0 atom stereocenters. The van der Waals surface area contributed by atoms with E-state index < -0.39 is 16.8 Å². The van der Waals surface area contributed by atoms with Crippen LogP contribution in [0.1, 0.15) is 38.8 Å². The molecular formula is C18H18N2O5. The van der Waals surface area contributed by atoms with Gasteiger partial charge in [-0.05, 0) is 38.0 Å². The minimum Gasteiger partial charge on any atom is -0.462 e. The first-order chi connectivity index (χ1) is 11.8. The molecule has 2 aromatic carbocycles. The predicted molar refractivity (Wildman–Crippen MR) is 92.9 cm³/mol. The Labute approximate surface area is 144 Å². The summed E-state index contributed by atoms with van der Waals surface area (Å²) in [7, 11) is 0. The third-order valence-electron chi connectivity index (χ3n) is 3.62. The first-order valence-corrected chi connectivity index (χ1v) is 7.67. The lowest BCUT2D eigenvalue weighted by Crippen LogP contribution is -2.15. The zero-order valence-corrected chi connectivity index (χ0v) is 14.2. The Kier molecular flexibility index (Phi) is 5.49. The molecule has 0 aliphatic rings. The van der Waals surface area contributed by atoms with Crippen molar-refractivity contribution in [2.75, 3.05) is 11.9 Å². The molecule has 0 saturated heterocycles. The molecule has 0 aliphatic carbocycles. The van der Waals surface area contributed by atoms with Crippen LogP contribution in [0.5, 0.6) is 0 Å². The molecule has 0 heterocycles. The summed E-state index contributed by atoms with van der Waals surface area (Å²) in [4.78, 5) is 34.9. The van der Waals surface area contributed by atoms with E-state index in [4.69, 9.17) is 4.74 Å². The number of nitro groups is 1. The van der Waals surface area contributed by atoms with Gasteiger partial charge in [-0.3, -0.25) is 14.9 Å². The second kappa shape index (κ2) is 7.57. The van der Waals surface area contributed by atoms with Crippen LogP contribution in [0.25, 0.3) is 0 Å². The molecule has 0 radical (unpaired) electrons. The SMILES string of the molecule is CCOC(=O)c1cc(C(=O)Nc2c(C)cccc2C)cc([N+](=O)[O-])c1.